The Bertz CT molecular complexity index is 946. The summed E-state index contributed by atoms with van der Waals surface area (Å²) in [4.78, 5) is 16.6. The molecule has 126 valence electrons. The van der Waals surface area contributed by atoms with Crippen LogP contribution in [0.5, 0.6) is 0 Å². The summed E-state index contributed by atoms with van der Waals surface area (Å²) in [5, 5.41) is 5.91. The van der Waals surface area contributed by atoms with Gasteiger partial charge in [-0.15, -0.1) is 11.3 Å². The Hall–Kier alpha value is -2.43. The van der Waals surface area contributed by atoms with Gasteiger partial charge < -0.3 is 0 Å². The Morgan fingerprint density at radius 1 is 1.16 bits per heavy atom. The van der Waals surface area contributed by atoms with Gasteiger partial charge in [0.05, 0.1) is 5.69 Å². The van der Waals surface area contributed by atoms with Gasteiger partial charge in [-0.3, -0.25) is 10.1 Å². The summed E-state index contributed by atoms with van der Waals surface area (Å²) in [5.41, 5.74) is 5.18. The summed E-state index contributed by atoms with van der Waals surface area (Å²) in [6.07, 6.45) is 3.15. The van der Waals surface area contributed by atoms with Crippen LogP contribution < -0.4 is 5.32 Å². The van der Waals surface area contributed by atoms with Gasteiger partial charge in [-0.2, -0.15) is 0 Å². The van der Waals surface area contributed by atoms with Gasteiger partial charge in [0.15, 0.2) is 5.13 Å². The zero-order chi connectivity index (χ0) is 17.8. The molecule has 0 fully saturated rings. The van der Waals surface area contributed by atoms with Crippen LogP contribution in [0.15, 0.2) is 53.9 Å². The lowest BCUT2D eigenvalue weighted by molar-refractivity contribution is -0.111. The van der Waals surface area contributed by atoms with Crippen LogP contribution in [-0.2, 0) is 4.79 Å². The van der Waals surface area contributed by atoms with Crippen molar-refractivity contribution in [1.82, 2.24) is 4.98 Å². The molecule has 0 aliphatic rings. The maximum Gasteiger partial charge on any atom is 0.250 e. The fraction of sp³-hybridized carbons (Fsp3) is 0.100. The van der Waals surface area contributed by atoms with E-state index in [-0.39, 0.29) is 5.91 Å². The zero-order valence-electron chi connectivity index (χ0n) is 13.9. The Balaban J connectivity index is 1.69. The summed E-state index contributed by atoms with van der Waals surface area (Å²) in [5.74, 6) is -0.235. The van der Waals surface area contributed by atoms with Crippen LogP contribution >= 0.6 is 22.9 Å². The predicted molar refractivity (Wildman–Crippen MR) is 106 cm³/mol. The fourth-order valence-electron chi connectivity index (χ4n) is 2.29. The van der Waals surface area contributed by atoms with Crippen molar-refractivity contribution in [2.75, 3.05) is 5.32 Å². The van der Waals surface area contributed by atoms with E-state index in [2.05, 4.69) is 36.3 Å². The average Bonchev–Trinajstić information content (AvgIpc) is 3.05. The highest BCUT2D eigenvalue weighted by Crippen LogP contribution is 2.26. The number of carbonyl (C=O) groups excluding carboxylic acids is 1. The number of aryl methyl sites for hydroxylation is 2. The summed E-state index contributed by atoms with van der Waals surface area (Å²) in [7, 11) is 0. The Morgan fingerprint density at radius 3 is 2.72 bits per heavy atom. The highest BCUT2D eigenvalue weighted by Gasteiger charge is 2.07. The number of halogens is 1. The van der Waals surface area contributed by atoms with E-state index in [4.69, 9.17) is 11.6 Å². The predicted octanol–water partition coefficient (Wildman–Crippen LogP) is 5.73. The minimum absolute atomic E-state index is 0.235. The first kappa shape index (κ1) is 17.4. The van der Waals surface area contributed by atoms with Crippen LogP contribution in [0.1, 0.15) is 16.7 Å². The smallest absolute Gasteiger partial charge is 0.250 e. The van der Waals surface area contributed by atoms with Gasteiger partial charge in [0.1, 0.15) is 0 Å². The molecule has 1 heterocycles. The van der Waals surface area contributed by atoms with E-state index in [1.165, 1.54) is 28.5 Å². The number of hydrogen-bond donors (Lipinski definition) is 1. The lowest BCUT2D eigenvalue weighted by atomic mass is 10.1. The molecule has 0 saturated heterocycles. The number of aromatic nitrogens is 1. The maximum atomic E-state index is 12.1. The number of hydrogen-bond acceptors (Lipinski definition) is 3. The number of nitrogens with zero attached hydrogens (tertiary/aromatic N) is 1. The first-order valence-electron chi connectivity index (χ1n) is 7.79. The Morgan fingerprint density at radius 2 is 1.96 bits per heavy atom. The molecular formula is C20H17ClN2OS. The van der Waals surface area contributed by atoms with Crippen molar-refractivity contribution < 1.29 is 4.79 Å². The van der Waals surface area contributed by atoms with Crippen LogP contribution in [0.4, 0.5) is 5.13 Å². The molecule has 3 nitrogen and oxygen atoms in total. The molecule has 1 amide bonds. The van der Waals surface area contributed by atoms with E-state index < -0.39 is 0 Å². The molecule has 2 aromatic carbocycles. The van der Waals surface area contributed by atoms with Crippen LogP contribution in [-0.4, -0.2) is 10.9 Å². The molecule has 3 rings (SSSR count). The molecule has 0 bridgehead atoms. The number of anilines is 1. The minimum Gasteiger partial charge on any atom is -0.298 e. The highest BCUT2D eigenvalue weighted by molar-refractivity contribution is 7.14. The van der Waals surface area contributed by atoms with Gasteiger partial charge in [0.25, 0.3) is 0 Å². The van der Waals surface area contributed by atoms with E-state index in [0.29, 0.717) is 10.2 Å². The van der Waals surface area contributed by atoms with Crippen molar-refractivity contribution in [2.24, 2.45) is 0 Å². The van der Waals surface area contributed by atoms with Crippen LogP contribution in [0.25, 0.3) is 17.3 Å². The molecule has 25 heavy (non-hydrogen) atoms. The molecule has 0 aliphatic heterocycles. The monoisotopic (exact) mass is 368 g/mol. The molecule has 0 saturated carbocycles. The molecule has 5 heteroatoms. The normalized spacial score (nSPS) is 11.0. The standard InChI is InChI=1S/C20H17ClN2OS/c1-13-7-8-16(11-14(13)2)18-12-25-20(22-18)23-19(24)10-9-15-5-3-4-6-17(15)21/h3-12H,1-2H3,(H,22,23,24)/b10-9+. The Kier molecular flexibility index (Phi) is 5.31. The van der Waals surface area contributed by atoms with E-state index in [9.17, 15) is 4.79 Å². The third-order valence-electron chi connectivity index (χ3n) is 3.86. The van der Waals surface area contributed by atoms with Gasteiger partial charge in [0, 0.05) is 22.0 Å². The van der Waals surface area contributed by atoms with Crippen molar-refractivity contribution in [3.63, 3.8) is 0 Å². The van der Waals surface area contributed by atoms with E-state index in [1.54, 1.807) is 12.1 Å². The van der Waals surface area contributed by atoms with E-state index in [1.807, 2.05) is 29.6 Å². The zero-order valence-corrected chi connectivity index (χ0v) is 15.5. The van der Waals surface area contributed by atoms with Crippen molar-refractivity contribution in [3.05, 3.63) is 75.6 Å². The molecule has 1 aromatic heterocycles. The highest BCUT2D eigenvalue weighted by atomic mass is 35.5. The summed E-state index contributed by atoms with van der Waals surface area (Å²) >= 11 is 7.47. The molecular weight excluding hydrogens is 352 g/mol. The summed E-state index contributed by atoms with van der Waals surface area (Å²) < 4.78 is 0. The van der Waals surface area contributed by atoms with Crippen molar-refractivity contribution >= 4 is 40.1 Å². The SMILES string of the molecule is Cc1ccc(-c2csc(NC(=O)/C=C/c3ccccc3Cl)n2)cc1C. The molecule has 1 N–H and O–H groups in total. The minimum atomic E-state index is -0.235. The molecule has 0 spiro atoms. The maximum absolute atomic E-state index is 12.1. The number of rotatable bonds is 4. The third-order valence-corrected chi connectivity index (χ3v) is 4.96. The van der Waals surface area contributed by atoms with Crippen LogP contribution in [0.3, 0.4) is 0 Å². The number of benzene rings is 2. The van der Waals surface area contributed by atoms with E-state index in [0.717, 1.165) is 16.8 Å². The van der Waals surface area contributed by atoms with Crippen molar-refractivity contribution in [2.45, 2.75) is 13.8 Å². The first-order valence-corrected chi connectivity index (χ1v) is 9.05. The van der Waals surface area contributed by atoms with Crippen LogP contribution in [0.2, 0.25) is 5.02 Å². The second-order valence-corrected chi connectivity index (χ2v) is 6.95. The number of amides is 1. The lowest BCUT2D eigenvalue weighted by Gasteiger charge is -2.02. The number of nitrogens with one attached hydrogen (secondary N) is 1. The molecule has 0 unspecified atom stereocenters. The van der Waals surface area contributed by atoms with Gasteiger partial charge in [0.2, 0.25) is 5.91 Å². The first-order chi connectivity index (χ1) is 12.0. The van der Waals surface area contributed by atoms with Crippen molar-refractivity contribution in [3.8, 4) is 11.3 Å². The molecule has 3 aromatic rings. The number of thiazole rings is 1. The fourth-order valence-corrected chi connectivity index (χ4v) is 3.21. The second kappa shape index (κ2) is 7.64. The largest absolute Gasteiger partial charge is 0.298 e. The summed E-state index contributed by atoms with van der Waals surface area (Å²) in [6, 6.07) is 13.6. The second-order valence-electron chi connectivity index (χ2n) is 5.68. The van der Waals surface area contributed by atoms with Gasteiger partial charge in [-0.1, -0.05) is 41.9 Å². The van der Waals surface area contributed by atoms with Crippen molar-refractivity contribution in [1.29, 1.82) is 0 Å². The van der Waals surface area contributed by atoms with Gasteiger partial charge in [-0.25, -0.2) is 4.98 Å². The number of carbonyl (C=O) groups is 1. The summed E-state index contributed by atoms with van der Waals surface area (Å²) in [6.45, 7) is 4.16. The Labute approximate surface area is 156 Å². The topological polar surface area (TPSA) is 42.0 Å². The molecule has 0 atom stereocenters. The van der Waals surface area contributed by atoms with E-state index >= 15 is 0 Å². The lowest BCUT2D eigenvalue weighted by Crippen LogP contribution is -2.07. The van der Waals surface area contributed by atoms with Gasteiger partial charge >= 0.3 is 0 Å². The quantitative estimate of drug-likeness (QED) is 0.597. The van der Waals surface area contributed by atoms with Gasteiger partial charge in [-0.05, 0) is 48.7 Å². The molecule has 0 aliphatic carbocycles. The van der Waals surface area contributed by atoms with Crippen LogP contribution in [0, 0.1) is 13.8 Å². The third kappa shape index (κ3) is 4.35. The molecule has 0 radical (unpaired) electrons. The average molecular weight is 369 g/mol.